The van der Waals surface area contributed by atoms with Gasteiger partial charge >= 0.3 is 0 Å². The van der Waals surface area contributed by atoms with Crippen molar-refractivity contribution in [3.63, 3.8) is 0 Å². The van der Waals surface area contributed by atoms with Crippen LogP contribution in [0.5, 0.6) is 0 Å². The van der Waals surface area contributed by atoms with Gasteiger partial charge < -0.3 is 4.42 Å². The van der Waals surface area contributed by atoms with Crippen LogP contribution in [0.15, 0.2) is 148 Å². The largest absolute Gasteiger partial charge is 0.456 e. The van der Waals surface area contributed by atoms with Gasteiger partial charge in [-0.3, -0.25) is 0 Å². The van der Waals surface area contributed by atoms with Crippen molar-refractivity contribution >= 4 is 33.3 Å². The molecule has 0 spiro atoms. The third-order valence-corrected chi connectivity index (χ3v) is 8.65. The predicted molar refractivity (Wildman–Crippen MR) is 160 cm³/mol. The van der Waals surface area contributed by atoms with Gasteiger partial charge in [0.1, 0.15) is 11.5 Å². The van der Waals surface area contributed by atoms with Crippen LogP contribution in [0, 0.1) is 0 Å². The minimum absolute atomic E-state index is 0.878. The Bertz CT molecular complexity index is 2000. The Balaban J connectivity index is 1.23. The van der Waals surface area contributed by atoms with Crippen molar-refractivity contribution in [1.82, 2.24) is 0 Å². The highest BCUT2D eigenvalue weighted by Crippen LogP contribution is 2.49. The average Bonchev–Trinajstić information content (AvgIpc) is 3.47. The van der Waals surface area contributed by atoms with E-state index >= 15 is 0 Å². The van der Waals surface area contributed by atoms with Crippen molar-refractivity contribution in [2.75, 3.05) is 0 Å². The van der Waals surface area contributed by atoms with E-state index in [0.29, 0.717) is 0 Å². The molecule has 0 amide bonds. The van der Waals surface area contributed by atoms with Crippen LogP contribution in [0.3, 0.4) is 0 Å². The zero-order valence-corrected chi connectivity index (χ0v) is 21.3. The normalized spacial score (nSPS) is 12.1. The fraction of sp³-hybridized carbons (Fsp3) is 0. The standard InChI is InChI=1S/C36H22OS/c1-2-12-26-23(8-1)9-5-15-27(26)28-13-3-4-14-29(28)33-20-19-32(37-33)25-18-21-34-31(22-25)30-16-6-10-24-11-7-17-35(38-34)36(24)30/h1-22H. The first-order valence-corrected chi connectivity index (χ1v) is 13.7. The molecule has 38 heavy (non-hydrogen) atoms. The molecule has 0 aliphatic carbocycles. The fourth-order valence-electron chi connectivity index (χ4n) is 5.75. The van der Waals surface area contributed by atoms with Gasteiger partial charge in [0, 0.05) is 26.3 Å². The highest BCUT2D eigenvalue weighted by Gasteiger charge is 2.20. The molecule has 7 aromatic rings. The highest BCUT2D eigenvalue weighted by molar-refractivity contribution is 7.99. The fourth-order valence-corrected chi connectivity index (χ4v) is 6.88. The highest BCUT2D eigenvalue weighted by atomic mass is 32.2. The number of hydrogen-bond donors (Lipinski definition) is 0. The Morgan fingerprint density at radius 1 is 0.421 bits per heavy atom. The van der Waals surface area contributed by atoms with Crippen LogP contribution < -0.4 is 0 Å². The van der Waals surface area contributed by atoms with Crippen LogP contribution in [-0.4, -0.2) is 0 Å². The van der Waals surface area contributed by atoms with Gasteiger partial charge in [-0.15, -0.1) is 0 Å². The molecule has 0 saturated carbocycles. The second kappa shape index (κ2) is 8.51. The lowest BCUT2D eigenvalue weighted by molar-refractivity contribution is 0.597. The number of rotatable bonds is 3. The molecule has 6 aromatic carbocycles. The molecule has 0 N–H and O–H groups in total. The van der Waals surface area contributed by atoms with Crippen LogP contribution >= 0.6 is 11.8 Å². The minimum Gasteiger partial charge on any atom is -0.456 e. The second-order valence-electron chi connectivity index (χ2n) is 9.71. The predicted octanol–water partition coefficient (Wildman–Crippen LogP) is 10.7. The summed E-state index contributed by atoms with van der Waals surface area (Å²) < 4.78 is 6.56. The number of hydrogen-bond acceptors (Lipinski definition) is 2. The van der Waals surface area contributed by atoms with Gasteiger partial charge in [-0.05, 0) is 68.7 Å². The zero-order valence-electron chi connectivity index (χ0n) is 20.5. The Morgan fingerprint density at radius 3 is 2.03 bits per heavy atom. The minimum atomic E-state index is 0.878. The molecular weight excluding hydrogens is 480 g/mol. The maximum absolute atomic E-state index is 6.56. The molecule has 178 valence electrons. The summed E-state index contributed by atoms with van der Waals surface area (Å²) in [6.45, 7) is 0. The summed E-state index contributed by atoms with van der Waals surface area (Å²) in [5, 5.41) is 5.11. The molecule has 0 fully saturated rings. The first kappa shape index (κ1) is 21.5. The monoisotopic (exact) mass is 502 g/mol. The Kier molecular flexibility index (Phi) is 4.83. The number of benzene rings is 6. The van der Waals surface area contributed by atoms with E-state index in [9.17, 15) is 0 Å². The summed E-state index contributed by atoms with van der Waals surface area (Å²) in [7, 11) is 0. The molecule has 0 bridgehead atoms. The molecule has 8 rings (SSSR count). The smallest absolute Gasteiger partial charge is 0.135 e. The molecule has 0 saturated heterocycles. The van der Waals surface area contributed by atoms with Crippen LogP contribution in [0.4, 0.5) is 0 Å². The molecule has 2 heterocycles. The zero-order chi connectivity index (χ0) is 25.1. The Hall–Kier alpha value is -4.53. The van der Waals surface area contributed by atoms with Crippen molar-refractivity contribution in [2.45, 2.75) is 9.79 Å². The van der Waals surface area contributed by atoms with Gasteiger partial charge in [-0.25, -0.2) is 0 Å². The van der Waals surface area contributed by atoms with E-state index in [1.54, 1.807) is 0 Å². The summed E-state index contributed by atoms with van der Waals surface area (Å²) in [4.78, 5) is 2.61. The van der Waals surface area contributed by atoms with Gasteiger partial charge in [0.2, 0.25) is 0 Å². The van der Waals surface area contributed by atoms with Crippen molar-refractivity contribution in [3.05, 3.63) is 133 Å². The topological polar surface area (TPSA) is 13.1 Å². The third-order valence-electron chi connectivity index (χ3n) is 7.52. The van der Waals surface area contributed by atoms with Gasteiger partial charge in [0.05, 0.1) is 0 Å². The van der Waals surface area contributed by atoms with Crippen LogP contribution in [0.25, 0.3) is 66.4 Å². The summed E-state index contributed by atoms with van der Waals surface area (Å²) >= 11 is 1.85. The molecular formula is C36H22OS. The molecule has 1 nitrogen and oxygen atoms in total. The first-order chi connectivity index (χ1) is 18.8. The molecule has 0 atom stereocenters. The lowest BCUT2D eigenvalue weighted by Crippen LogP contribution is -1.93. The van der Waals surface area contributed by atoms with E-state index in [1.807, 2.05) is 11.8 Å². The summed E-state index contributed by atoms with van der Waals surface area (Å²) in [6.07, 6.45) is 0. The van der Waals surface area contributed by atoms with Gasteiger partial charge in [-0.2, -0.15) is 0 Å². The molecule has 2 heteroatoms. The van der Waals surface area contributed by atoms with Crippen molar-refractivity contribution in [3.8, 4) is 44.9 Å². The lowest BCUT2D eigenvalue weighted by Gasteiger charge is -2.20. The Labute approximate surface area is 225 Å². The molecule has 0 unspecified atom stereocenters. The quantitative estimate of drug-likeness (QED) is 0.238. The van der Waals surface area contributed by atoms with E-state index in [-0.39, 0.29) is 0 Å². The summed E-state index contributed by atoms with van der Waals surface area (Å²) in [5.41, 5.74) is 7.15. The Morgan fingerprint density at radius 2 is 1.11 bits per heavy atom. The first-order valence-electron chi connectivity index (χ1n) is 12.9. The van der Waals surface area contributed by atoms with E-state index in [0.717, 1.165) is 22.6 Å². The van der Waals surface area contributed by atoms with Gasteiger partial charge in [0.15, 0.2) is 0 Å². The average molecular weight is 503 g/mol. The number of fused-ring (bicyclic) bond motifs is 3. The van der Waals surface area contributed by atoms with Crippen molar-refractivity contribution in [1.29, 1.82) is 0 Å². The van der Waals surface area contributed by atoms with E-state index < -0.39 is 0 Å². The molecule has 0 radical (unpaired) electrons. The molecule has 1 aromatic heterocycles. The molecule has 1 aliphatic rings. The summed E-state index contributed by atoms with van der Waals surface area (Å²) in [6, 6.07) is 47.6. The third kappa shape index (κ3) is 3.34. The maximum atomic E-state index is 6.56. The second-order valence-corrected chi connectivity index (χ2v) is 10.8. The lowest BCUT2D eigenvalue weighted by atomic mass is 9.94. The van der Waals surface area contributed by atoms with Gasteiger partial charge in [-0.1, -0.05) is 115 Å². The van der Waals surface area contributed by atoms with Crippen LogP contribution in [0.1, 0.15) is 0 Å². The van der Waals surface area contributed by atoms with Crippen LogP contribution in [-0.2, 0) is 0 Å². The SMILES string of the molecule is c1ccc(-c2cccc3ccccc23)c(-c2ccc(-c3ccc4c(c3)-c3cccc5cccc(c35)S4)o2)c1. The van der Waals surface area contributed by atoms with Crippen molar-refractivity contribution < 1.29 is 4.42 Å². The maximum Gasteiger partial charge on any atom is 0.135 e. The van der Waals surface area contributed by atoms with E-state index in [4.69, 9.17) is 4.42 Å². The van der Waals surface area contributed by atoms with E-state index in [2.05, 4.69) is 133 Å². The summed E-state index contributed by atoms with van der Waals surface area (Å²) in [5.74, 6) is 1.76. The van der Waals surface area contributed by atoms with Gasteiger partial charge in [0.25, 0.3) is 0 Å². The molecule has 1 aliphatic heterocycles. The van der Waals surface area contributed by atoms with Crippen LogP contribution in [0.2, 0.25) is 0 Å². The van der Waals surface area contributed by atoms with Crippen molar-refractivity contribution in [2.24, 2.45) is 0 Å². The number of furan rings is 1. The van der Waals surface area contributed by atoms with E-state index in [1.165, 1.54) is 53.6 Å².